The lowest BCUT2D eigenvalue weighted by atomic mass is 10.1. The molecule has 0 radical (unpaired) electrons. The van der Waals surface area contributed by atoms with E-state index in [4.69, 9.17) is 23.2 Å². The molecule has 0 saturated carbocycles. The monoisotopic (exact) mass is 541 g/mol. The maximum Gasteiger partial charge on any atom is 0.244 e. The summed E-state index contributed by atoms with van der Waals surface area (Å²) >= 11 is 12.7. The Morgan fingerprint density at radius 3 is 2.14 bits per heavy atom. The topological polar surface area (TPSA) is 86.8 Å². The molecule has 0 unspecified atom stereocenters. The number of anilines is 1. The molecular formula is C25H33Cl2N3O4S. The number of benzene rings is 2. The highest BCUT2D eigenvalue weighted by molar-refractivity contribution is 7.92. The van der Waals surface area contributed by atoms with Crippen LogP contribution in [0.15, 0.2) is 36.4 Å². The lowest BCUT2D eigenvalue weighted by Crippen LogP contribution is -2.52. The summed E-state index contributed by atoms with van der Waals surface area (Å²) in [6.45, 7) is 8.54. The maximum atomic E-state index is 13.7. The van der Waals surface area contributed by atoms with Gasteiger partial charge in [-0.1, -0.05) is 48.3 Å². The fourth-order valence-corrected chi connectivity index (χ4v) is 4.92. The molecular weight excluding hydrogens is 509 g/mol. The van der Waals surface area contributed by atoms with Gasteiger partial charge in [-0.3, -0.25) is 13.9 Å². The summed E-state index contributed by atoms with van der Waals surface area (Å²) in [5, 5.41) is 3.57. The Bertz CT molecular complexity index is 1170. The van der Waals surface area contributed by atoms with Crippen molar-refractivity contribution in [3.8, 4) is 0 Å². The van der Waals surface area contributed by atoms with Crippen LogP contribution in [0, 0.1) is 13.8 Å². The van der Waals surface area contributed by atoms with E-state index in [0.29, 0.717) is 21.3 Å². The quantitative estimate of drug-likeness (QED) is 0.471. The molecule has 10 heteroatoms. The van der Waals surface area contributed by atoms with E-state index in [1.54, 1.807) is 44.2 Å². The van der Waals surface area contributed by atoms with Crippen LogP contribution in [0.5, 0.6) is 0 Å². The van der Waals surface area contributed by atoms with Crippen LogP contribution >= 0.6 is 23.2 Å². The van der Waals surface area contributed by atoms with Gasteiger partial charge in [0.1, 0.15) is 12.6 Å². The molecule has 2 aromatic rings. The van der Waals surface area contributed by atoms with E-state index < -0.39 is 28.5 Å². The normalized spacial score (nSPS) is 13.1. The van der Waals surface area contributed by atoms with Gasteiger partial charge in [-0.2, -0.15) is 0 Å². The van der Waals surface area contributed by atoms with Crippen molar-refractivity contribution in [3.05, 3.63) is 63.1 Å². The van der Waals surface area contributed by atoms with E-state index >= 15 is 0 Å². The van der Waals surface area contributed by atoms with Gasteiger partial charge >= 0.3 is 0 Å². The molecule has 0 heterocycles. The lowest BCUT2D eigenvalue weighted by molar-refractivity contribution is -0.139. The Balaban J connectivity index is 2.49. The van der Waals surface area contributed by atoms with Gasteiger partial charge in [0.25, 0.3) is 0 Å². The second-order valence-corrected chi connectivity index (χ2v) is 11.4. The number of carbonyl (C=O) groups is 2. The highest BCUT2D eigenvalue weighted by atomic mass is 35.5. The van der Waals surface area contributed by atoms with Crippen LogP contribution in [-0.2, 0) is 26.2 Å². The van der Waals surface area contributed by atoms with Crippen molar-refractivity contribution in [2.75, 3.05) is 17.1 Å². The molecule has 2 atom stereocenters. The van der Waals surface area contributed by atoms with Crippen molar-refractivity contribution >= 4 is 50.7 Å². The Morgan fingerprint density at radius 1 is 1.03 bits per heavy atom. The number of sulfonamides is 1. The van der Waals surface area contributed by atoms with Crippen molar-refractivity contribution in [1.29, 1.82) is 0 Å². The zero-order valence-corrected chi connectivity index (χ0v) is 23.3. The van der Waals surface area contributed by atoms with Crippen LogP contribution in [0.4, 0.5) is 5.69 Å². The molecule has 0 aliphatic carbocycles. The Kier molecular flexibility index (Phi) is 10.0. The van der Waals surface area contributed by atoms with Crippen molar-refractivity contribution in [3.63, 3.8) is 0 Å². The minimum Gasteiger partial charge on any atom is -0.352 e. The smallest absolute Gasteiger partial charge is 0.244 e. The number of nitrogens with zero attached hydrogens (tertiary/aromatic N) is 2. The third-order valence-electron chi connectivity index (χ3n) is 6.08. The van der Waals surface area contributed by atoms with E-state index in [9.17, 15) is 18.0 Å². The average Bonchev–Trinajstić information content (AvgIpc) is 2.78. The van der Waals surface area contributed by atoms with Gasteiger partial charge in [-0.05, 0) is 63.4 Å². The first kappa shape index (κ1) is 28.9. The van der Waals surface area contributed by atoms with Gasteiger partial charge in [0.2, 0.25) is 21.8 Å². The third kappa shape index (κ3) is 7.35. The fraction of sp³-hybridized carbons (Fsp3) is 0.440. The Morgan fingerprint density at radius 2 is 1.60 bits per heavy atom. The summed E-state index contributed by atoms with van der Waals surface area (Å²) in [4.78, 5) is 27.9. The van der Waals surface area contributed by atoms with Crippen LogP contribution in [0.25, 0.3) is 0 Å². The minimum atomic E-state index is -3.81. The first-order valence-corrected chi connectivity index (χ1v) is 13.9. The molecule has 0 spiro atoms. The molecule has 0 aliphatic rings. The summed E-state index contributed by atoms with van der Waals surface area (Å²) in [7, 11) is -3.81. The number of hydrogen-bond acceptors (Lipinski definition) is 4. The van der Waals surface area contributed by atoms with E-state index in [0.717, 1.165) is 28.1 Å². The molecule has 35 heavy (non-hydrogen) atoms. The summed E-state index contributed by atoms with van der Waals surface area (Å²) in [5.41, 5.74) is 2.52. The van der Waals surface area contributed by atoms with Crippen molar-refractivity contribution in [2.24, 2.45) is 0 Å². The first-order chi connectivity index (χ1) is 16.3. The van der Waals surface area contributed by atoms with Crippen LogP contribution in [-0.4, -0.2) is 50.0 Å². The minimum absolute atomic E-state index is 0.0587. The summed E-state index contributed by atoms with van der Waals surface area (Å²) < 4.78 is 26.6. The standard InChI is InChI=1S/C25H33Cl2N3O4S/c1-7-17(3)28-25(32)19(5)29(14-20-21(26)11-9-12-22(20)27)24(31)15-30(35(6,33)34)23-13-8-10-16(2)18(23)4/h8-13,17,19H,7,14-15H2,1-6H3,(H,28,32)/t17-,19+/m0/s1. The van der Waals surface area contributed by atoms with E-state index in [2.05, 4.69) is 5.32 Å². The van der Waals surface area contributed by atoms with E-state index in [1.807, 2.05) is 26.8 Å². The largest absolute Gasteiger partial charge is 0.352 e. The molecule has 0 saturated heterocycles. The van der Waals surface area contributed by atoms with Crippen LogP contribution < -0.4 is 9.62 Å². The van der Waals surface area contributed by atoms with Gasteiger partial charge in [-0.25, -0.2) is 8.42 Å². The molecule has 0 aromatic heterocycles. The van der Waals surface area contributed by atoms with E-state index in [1.165, 1.54) is 4.90 Å². The maximum absolute atomic E-state index is 13.7. The molecule has 0 bridgehead atoms. The number of halogens is 2. The zero-order chi connectivity index (χ0) is 26.5. The lowest BCUT2D eigenvalue weighted by Gasteiger charge is -2.33. The van der Waals surface area contributed by atoms with Crippen molar-refractivity contribution in [1.82, 2.24) is 10.2 Å². The van der Waals surface area contributed by atoms with Crippen molar-refractivity contribution < 1.29 is 18.0 Å². The summed E-state index contributed by atoms with van der Waals surface area (Å²) in [6.07, 6.45) is 1.77. The fourth-order valence-electron chi connectivity index (χ4n) is 3.50. The first-order valence-electron chi connectivity index (χ1n) is 11.3. The van der Waals surface area contributed by atoms with Crippen LogP contribution in [0.1, 0.15) is 43.9 Å². The average molecular weight is 543 g/mol. The second-order valence-electron chi connectivity index (χ2n) is 8.70. The predicted octanol–water partition coefficient (Wildman–Crippen LogP) is 4.71. The number of carbonyl (C=O) groups excluding carboxylic acids is 2. The highest BCUT2D eigenvalue weighted by Crippen LogP contribution is 2.28. The zero-order valence-electron chi connectivity index (χ0n) is 20.9. The van der Waals surface area contributed by atoms with Crippen LogP contribution in [0.2, 0.25) is 10.0 Å². The van der Waals surface area contributed by atoms with Gasteiger partial charge in [-0.15, -0.1) is 0 Å². The predicted molar refractivity (Wildman–Crippen MR) is 142 cm³/mol. The van der Waals surface area contributed by atoms with Gasteiger partial charge < -0.3 is 10.2 Å². The van der Waals surface area contributed by atoms with Gasteiger partial charge in [0.05, 0.1) is 11.9 Å². The number of aryl methyl sites for hydroxylation is 1. The van der Waals surface area contributed by atoms with Crippen molar-refractivity contribution in [2.45, 2.75) is 59.7 Å². The highest BCUT2D eigenvalue weighted by Gasteiger charge is 2.31. The summed E-state index contributed by atoms with van der Waals surface area (Å²) in [6, 6.07) is 9.26. The molecule has 192 valence electrons. The number of nitrogens with one attached hydrogen (secondary N) is 1. The molecule has 7 nitrogen and oxygen atoms in total. The third-order valence-corrected chi connectivity index (χ3v) is 7.92. The molecule has 1 N–H and O–H groups in total. The van der Waals surface area contributed by atoms with Gasteiger partial charge in [0, 0.05) is 28.2 Å². The Labute approximate surface area is 218 Å². The SMILES string of the molecule is CC[C@H](C)NC(=O)[C@@H](C)N(Cc1c(Cl)cccc1Cl)C(=O)CN(c1cccc(C)c1C)S(C)(=O)=O. The Hall–Kier alpha value is -2.29. The van der Waals surface area contributed by atoms with E-state index in [-0.39, 0.29) is 18.5 Å². The summed E-state index contributed by atoms with van der Waals surface area (Å²) in [5.74, 6) is -0.910. The number of rotatable bonds is 10. The molecule has 2 amide bonds. The molecule has 0 fully saturated rings. The number of amides is 2. The second kappa shape index (κ2) is 12.1. The molecule has 0 aliphatic heterocycles. The molecule has 2 rings (SSSR count). The number of hydrogen-bond donors (Lipinski definition) is 1. The van der Waals surface area contributed by atoms with Gasteiger partial charge in [0.15, 0.2) is 0 Å². The van der Waals surface area contributed by atoms with Crippen LogP contribution in [0.3, 0.4) is 0 Å². The molecule has 2 aromatic carbocycles.